The monoisotopic (exact) mass is 243 g/mol. The third kappa shape index (κ3) is 3.76. The molecule has 8 nitrogen and oxygen atoms in total. The van der Waals surface area contributed by atoms with Crippen LogP contribution >= 0.6 is 0 Å². The molecule has 8 heteroatoms. The maximum atomic E-state index is 10.6. The topological polar surface area (TPSA) is 198 Å². The molecule has 2 rings (SSSR count). The van der Waals surface area contributed by atoms with Crippen LogP contribution in [0.15, 0.2) is 11.8 Å². The lowest BCUT2D eigenvalue weighted by Gasteiger charge is -2.45. The smallest absolute Gasteiger partial charge is 0.351 e. The van der Waals surface area contributed by atoms with Crippen LogP contribution < -0.4 is 0 Å². The SMILES string of the molecule is O.O.O.O.O.O=C(O)C1=CCCC2CCN12. The standard InChI is InChI=1S/C8H11NO2.5H2O/c10-8(11)7-3-1-2-6-4-5-9(6)7;;;;;/h3,6H,1-2,4-5H2,(H,10,11);5*1H2. The molecule has 0 radical (unpaired) electrons. The predicted octanol–water partition coefficient (Wildman–Crippen LogP) is -3.30. The van der Waals surface area contributed by atoms with E-state index in [0.717, 1.165) is 19.4 Å². The van der Waals surface area contributed by atoms with E-state index in [0.29, 0.717) is 11.7 Å². The van der Waals surface area contributed by atoms with Gasteiger partial charge in [-0.15, -0.1) is 0 Å². The zero-order valence-electron chi connectivity index (χ0n) is 8.79. The van der Waals surface area contributed by atoms with Crippen LogP contribution in [0.2, 0.25) is 0 Å². The van der Waals surface area contributed by atoms with Gasteiger partial charge in [0, 0.05) is 12.6 Å². The summed E-state index contributed by atoms with van der Waals surface area (Å²) in [6.45, 7) is 0.933. The molecule has 0 aromatic carbocycles. The van der Waals surface area contributed by atoms with Gasteiger partial charge in [0.15, 0.2) is 0 Å². The van der Waals surface area contributed by atoms with Gasteiger partial charge in [-0.1, -0.05) is 6.08 Å². The van der Waals surface area contributed by atoms with Gasteiger partial charge < -0.3 is 37.4 Å². The third-order valence-electron chi connectivity index (χ3n) is 2.51. The van der Waals surface area contributed by atoms with Crippen LogP contribution in [0.5, 0.6) is 0 Å². The molecule has 11 N–H and O–H groups in total. The van der Waals surface area contributed by atoms with E-state index in [1.807, 2.05) is 11.0 Å². The fourth-order valence-corrected chi connectivity index (χ4v) is 1.80. The molecule has 1 unspecified atom stereocenters. The lowest BCUT2D eigenvalue weighted by atomic mass is 9.93. The highest BCUT2D eigenvalue weighted by atomic mass is 16.4. The first kappa shape index (κ1) is 24.2. The average Bonchev–Trinajstić information content (AvgIpc) is 1.90. The molecule has 0 amide bonds. The Labute approximate surface area is 92.7 Å². The first-order valence-corrected chi connectivity index (χ1v) is 3.99. The highest BCUT2D eigenvalue weighted by Crippen LogP contribution is 2.30. The van der Waals surface area contributed by atoms with Crippen LogP contribution in [-0.4, -0.2) is 55.9 Å². The molecule has 2 heterocycles. The second-order valence-electron chi connectivity index (χ2n) is 3.11. The van der Waals surface area contributed by atoms with E-state index in [1.54, 1.807) is 0 Å². The molecule has 1 fully saturated rings. The van der Waals surface area contributed by atoms with E-state index < -0.39 is 5.97 Å². The van der Waals surface area contributed by atoms with Crippen molar-refractivity contribution in [3.05, 3.63) is 11.8 Å². The van der Waals surface area contributed by atoms with Gasteiger partial charge in [-0.25, -0.2) is 4.79 Å². The van der Waals surface area contributed by atoms with Crippen LogP contribution in [0, 0.1) is 0 Å². The quantitative estimate of drug-likeness (QED) is 0.503. The van der Waals surface area contributed by atoms with Crippen molar-refractivity contribution in [3.63, 3.8) is 0 Å². The van der Waals surface area contributed by atoms with E-state index >= 15 is 0 Å². The van der Waals surface area contributed by atoms with Crippen LogP contribution in [0.25, 0.3) is 0 Å². The van der Waals surface area contributed by atoms with Crippen molar-refractivity contribution >= 4 is 5.97 Å². The van der Waals surface area contributed by atoms with Crippen molar-refractivity contribution in [2.45, 2.75) is 25.3 Å². The number of nitrogens with zero attached hydrogens (tertiary/aromatic N) is 1. The minimum Gasteiger partial charge on any atom is -0.477 e. The Morgan fingerprint density at radius 1 is 1.19 bits per heavy atom. The second-order valence-corrected chi connectivity index (χ2v) is 3.11. The second kappa shape index (κ2) is 9.07. The normalized spacial score (nSPS) is 19.6. The van der Waals surface area contributed by atoms with Gasteiger partial charge >= 0.3 is 5.97 Å². The number of aliphatic carboxylic acids is 1. The highest BCUT2D eigenvalue weighted by molar-refractivity contribution is 5.86. The van der Waals surface area contributed by atoms with Gasteiger partial charge in [0.1, 0.15) is 5.70 Å². The van der Waals surface area contributed by atoms with E-state index in [2.05, 4.69) is 0 Å². The molecule has 0 bridgehead atoms. The molecule has 16 heavy (non-hydrogen) atoms. The van der Waals surface area contributed by atoms with E-state index in [9.17, 15) is 4.79 Å². The highest BCUT2D eigenvalue weighted by Gasteiger charge is 2.34. The van der Waals surface area contributed by atoms with E-state index in [4.69, 9.17) is 5.11 Å². The summed E-state index contributed by atoms with van der Waals surface area (Å²) in [7, 11) is 0. The number of carboxylic acid groups (broad SMARTS) is 1. The van der Waals surface area contributed by atoms with Gasteiger partial charge in [0.05, 0.1) is 0 Å². The molecule has 1 atom stereocenters. The van der Waals surface area contributed by atoms with Gasteiger partial charge in [-0.3, -0.25) is 0 Å². The lowest BCUT2D eigenvalue weighted by Crippen LogP contribution is -2.49. The molecule has 2 aliphatic rings. The molecular formula is C8H21NO7. The summed E-state index contributed by atoms with van der Waals surface area (Å²) >= 11 is 0. The predicted molar refractivity (Wildman–Crippen MR) is 58.1 cm³/mol. The largest absolute Gasteiger partial charge is 0.477 e. The van der Waals surface area contributed by atoms with Crippen LogP contribution in [-0.2, 0) is 4.79 Å². The summed E-state index contributed by atoms with van der Waals surface area (Å²) in [4.78, 5) is 12.6. The van der Waals surface area contributed by atoms with Crippen molar-refractivity contribution in [2.24, 2.45) is 0 Å². The van der Waals surface area contributed by atoms with Gasteiger partial charge in [-0.2, -0.15) is 0 Å². The molecule has 2 aliphatic heterocycles. The summed E-state index contributed by atoms with van der Waals surface area (Å²) in [6, 6.07) is 0.533. The molecule has 0 spiro atoms. The first-order valence-electron chi connectivity index (χ1n) is 3.99. The lowest BCUT2D eigenvalue weighted by molar-refractivity contribution is -0.136. The molecule has 0 aromatic heterocycles. The Balaban J connectivity index is -0.000000144. The maximum Gasteiger partial charge on any atom is 0.351 e. The first-order chi connectivity index (χ1) is 5.29. The number of fused-ring (bicyclic) bond motifs is 1. The number of allylic oxidation sites excluding steroid dienone is 1. The zero-order valence-corrected chi connectivity index (χ0v) is 8.79. The molecule has 0 aromatic rings. The summed E-state index contributed by atoms with van der Waals surface area (Å²) in [5, 5.41) is 8.75. The van der Waals surface area contributed by atoms with Crippen LogP contribution in [0.1, 0.15) is 19.3 Å². The van der Waals surface area contributed by atoms with Crippen molar-refractivity contribution in [2.75, 3.05) is 6.54 Å². The number of carbonyl (C=O) groups is 1. The minimum absolute atomic E-state index is 0. The average molecular weight is 243 g/mol. The number of hydrogen-bond acceptors (Lipinski definition) is 2. The zero-order chi connectivity index (χ0) is 7.84. The van der Waals surface area contributed by atoms with Crippen molar-refractivity contribution in [3.8, 4) is 0 Å². The third-order valence-corrected chi connectivity index (χ3v) is 2.51. The van der Waals surface area contributed by atoms with Gasteiger partial charge in [0.25, 0.3) is 0 Å². The summed E-state index contributed by atoms with van der Waals surface area (Å²) < 4.78 is 0. The van der Waals surface area contributed by atoms with E-state index in [1.165, 1.54) is 6.42 Å². The van der Waals surface area contributed by atoms with Crippen LogP contribution in [0.4, 0.5) is 0 Å². The van der Waals surface area contributed by atoms with Crippen molar-refractivity contribution in [1.29, 1.82) is 0 Å². The Hall–Kier alpha value is -1.19. The molecule has 1 saturated heterocycles. The molecule has 100 valence electrons. The molecule has 0 aliphatic carbocycles. The Morgan fingerprint density at radius 3 is 2.06 bits per heavy atom. The van der Waals surface area contributed by atoms with E-state index in [-0.39, 0.29) is 27.4 Å². The van der Waals surface area contributed by atoms with Crippen molar-refractivity contribution < 1.29 is 37.3 Å². The van der Waals surface area contributed by atoms with Gasteiger partial charge in [0.2, 0.25) is 0 Å². The van der Waals surface area contributed by atoms with Crippen molar-refractivity contribution in [1.82, 2.24) is 4.90 Å². The maximum absolute atomic E-state index is 10.6. The number of carboxylic acids is 1. The number of hydrogen-bond donors (Lipinski definition) is 1. The molecule has 0 saturated carbocycles. The molecular weight excluding hydrogens is 222 g/mol. The fraction of sp³-hybridized carbons (Fsp3) is 0.625. The minimum atomic E-state index is -0.769. The Kier molecular flexibility index (Phi) is 13.7. The van der Waals surface area contributed by atoms with Crippen LogP contribution in [0.3, 0.4) is 0 Å². The van der Waals surface area contributed by atoms with Gasteiger partial charge in [-0.05, 0) is 19.3 Å². The summed E-state index contributed by atoms with van der Waals surface area (Å²) in [5.41, 5.74) is 0.521. The fourth-order valence-electron chi connectivity index (χ4n) is 1.80. The Morgan fingerprint density at radius 2 is 1.75 bits per heavy atom. The summed E-state index contributed by atoms with van der Waals surface area (Å²) in [6.07, 6.45) is 5.07. The number of rotatable bonds is 1. The Bertz CT molecular complexity index is 230. The summed E-state index contributed by atoms with van der Waals surface area (Å²) in [5.74, 6) is -0.769.